The Hall–Kier alpha value is -1.30. The number of anilines is 1. The fourth-order valence-corrected chi connectivity index (χ4v) is 2.26. The van der Waals surface area contributed by atoms with Crippen molar-refractivity contribution in [3.05, 3.63) is 6.20 Å². The molecule has 1 aliphatic rings. The standard InChI is InChI=1S/C11H15N3O2S/c1-16-10-9(5-12-11(13-10)17-2)14-4-3-8(6-14)7-15/h5,7-8H,3-4,6H2,1-2H3/t8-/m0/s1. The number of thioether (sulfide) groups is 1. The van der Waals surface area contributed by atoms with E-state index in [0.717, 1.165) is 31.5 Å². The maximum absolute atomic E-state index is 10.7. The minimum atomic E-state index is 0.111. The second-order valence-electron chi connectivity index (χ2n) is 3.88. The van der Waals surface area contributed by atoms with Gasteiger partial charge in [0.25, 0.3) is 0 Å². The highest BCUT2D eigenvalue weighted by atomic mass is 32.2. The fourth-order valence-electron chi connectivity index (χ4n) is 1.93. The van der Waals surface area contributed by atoms with Crippen LogP contribution in [0.4, 0.5) is 5.69 Å². The Morgan fingerprint density at radius 3 is 3.06 bits per heavy atom. The molecule has 0 bridgehead atoms. The van der Waals surface area contributed by atoms with Crippen molar-refractivity contribution < 1.29 is 9.53 Å². The van der Waals surface area contributed by atoms with Gasteiger partial charge in [0.1, 0.15) is 12.0 Å². The molecule has 0 aliphatic carbocycles. The second-order valence-corrected chi connectivity index (χ2v) is 4.66. The van der Waals surface area contributed by atoms with E-state index in [1.807, 2.05) is 6.26 Å². The van der Waals surface area contributed by atoms with Gasteiger partial charge in [-0.3, -0.25) is 0 Å². The molecule has 1 aromatic rings. The molecule has 6 heteroatoms. The first kappa shape index (κ1) is 12.2. The van der Waals surface area contributed by atoms with Gasteiger partial charge in [0.2, 0.25) is 5.88 Å². The number of hydrogen-bond donors (Lipinski definition) is 0. The zero-order valence-corrected chi connectivity index (χ0v) is 10.7. The average Bonchev–Trinajstić information content (AvgIpc) is 2.86. The largest absolute Gasteiger partial charge is 0.479 e. The summed E-state index contributed by atoms with van der Waals surface area (Å²) >= 11 is 1.48. The first-order valence-corrected chi connectivity index (χ1v) is 6.66. The van der Waals surface area contributed by atoms with E-state index in [9.17, 15) is 4.79 Å². The molecule has 5 nitrogen and oxygen atoms in total. The van der Waals surface area contributed by atoms with Crippen molar-refractivity contribution in [2.75, 3.05) is 31.4 Å². The van der Waals surface area contributed by atoms with Gasteiger partial charge in [-0.25, -0.2) is 4.98 Å². The van der Waals surface area contributed by atoms with E-state index in [1.165, 1.54) is 11.8 Å². The van der Waals surface area contributed by atoms with Crippen LogP contribution >= 0.6 is 11.8 Å². The van der Waals surface area contributed by atoms with E-state index in [4.69, 9.17) is 4.74 Å². The van der Waals surface area contributed by atoms with Gasteiger partial charge in [0.15, 0.2) is 5.16 Å². The predicted octanol–water partition coefficient (Wildman–Crippen LogP) is 1.23. The molecule has 17 heavy (non-hydrogen) atoms. The van der Waals surface area contributed by atoms with E-state index in [0.29, 0.717) is 11.0 Å². The summed E-state index contributed by atoms with van der Waals surface area (Å²) in [5.74, 6) is 0.691. The molecule has 1 atom stereocenters. The first-order chi connectivity index (χ1) is 8.28. The highest BCUT2D eigenvalue weighted by Gasteiger charge is 2.25. The Morgan fingerprint density at radius 2 is 2.47 bits per heavy atom. The Balaban J connectivity index is 2.23. The predicted molar refractivity (Wildman–Crippen MR) is 66.7 cm³/mol. The van der Waals surface area contributed by atoms with Crippen LogP contribution in [0.15, 0.2) is 11.4 Å². The van der Waals surface area contributed by atoms with Crippen LogP contribution in [-0.4, -0.2) is 42.7 Å². The Kier molecular flexibility index (Phi) is 3.83. The molecule has 2 heterocycles. The van der Waals surface area contributed by atoms with Crippen molar-refractivity contribution in [1.29, 1.82) is 0 Å². The lowest BCUT2D eigenvalue weighted by Crippen LogP contribution is -2.21. The molecular formula is C11H15N3O2S. The van der Waals surface area contributed by atoms with Gasteiger partial charge in [-0.1, -0.05) is 11.8 Å². The molecular weight excluding hydrogens is 238 g/mol. The quantitative estimate of drug-likeness (QED) is 0.457. The molecule has 0 radical (unpaired) electrons. The van der Waals surface area contributed by atoms with Crippen molar-refractivity contribution in [1.82, 2.24) is 9.97 Å². The van der Waals surface area contributed by atoms with E-state index in [2.05, 4.69) is 14.9 Å². The monoisotopic (exact) mass is 253 g/mol. The normalized spacial score (nSPS) is 19.4. The number of aldehydes is 1. The summed E-state index contributed by atoms with van der Waals surface area (Å²) in [6.45, 7) is 1.57. The van der Waals surface area contributed by atoms with Crippen LogP contribution in [0.3, 0.4) is 0 Å². The number of methoxy groups -OCH3 is 1. The topological polar surface area (TPSA) is 55.3 Å². The first-order valence-electron chi connectivity index (χ1n) is 5.43. The smallest absolute Gasteiger partial charge is 0.241 e. The average molecular weight is 253 g/mol. The highest BCUT2D eigenvalue weighted by molar-refractivity contribution is 7.98. The van der Waals surface area contributed by atoms with E-state index in [1.54, 1.807) is 13.3 Å². The van der Waals surface area contributed by atoms with Crippen LogP contribution in [0.25, 0.3) is 0 Å². The zero-order chi connectivity index (χ0) is 12.3. The van der Waals surface area contributed by atoms with Crippen molar-refractivity contribution in [3.63, 3.8) is 0 Å². The van der Waals surface area contributed by atoms with Gasteiger partial charge in [0, 0.05) is 19.0 Å². The van der Waals surface area contributed by atoms with Gasteiger partial charge >= 0.3 is 0 Å². The third-order valence-electron chi connectivity index (χ3n) is 2.85. The number of carbonyl (C=O) groups is 1. The van der Waals surface area contributed by atoms with Crippen molar-refractivity contribution in [3.8, 4) is 5.88 Å². The third-order valence-corrected chi connectivity index (χ3v) is 3.41. The zero-order valence-electron chi connectivity index (χ0n) is 9.92. The van der Waals surface area contributed by atoms with Crippen LogP contribution < -0.4 is 9.64 Å². The molecule has 0 amide bonds. The molecule has 0 spiro atoms. The summed E-state index contributed by atoms with van der Waals surface area (Å²) in [6, 6.07) is 0. The van der Waals surface area contributed by atoms with Crippen LogP contribution in [0.1, 0.15) is 6.42 Å². The Morgan fingerprint density at radius 1 is 1.65 bits per heavy atom. The fraction of sp³-hybridized carbons (Fsp3) is 0.545. The van der Waals surface area contributed by atoms with Gasteiger partial charge < -0.3 is 14.4 Å². The van der Waals surface area contributed by atoms with Crippen molar-refractivity contribution >= 4 is 23.7 Å². The van der Waals surface area contributed by atoms with Gasteiger partial charge in [-0.2, -0.15) is 4.98 Å². The SMILES string of the molecule is COc1nc(SC)ncc1N1CC[C@H](C=O)C1. The molecule has 0 unspecified atom stereocenters. The lowest BCUT2D eigenvalue weighted by atomic mass is 10.1. The summed E-state index contributed by atoms with van der Waals surface area (Å²) < 4.78 is 5.27. The van der Waals surface area contributed by atoms with Crippen LogP contribution in [0, 0.1) is 5.92 Å². The van der Waals surface area contributed by atoms with Gasteiger partial charge in [-0.15, -0.1) is 0 Å². The lowest BCUT2D eigenvalue weighted by Gasteiger charge is -2.19. The summed E-state index contributed by atoms with van der Waals surface area (Å²) in [4.78, 5) is 21.4. The summed E-state index contributed by atoms with van der Waals surface area (Å²) in [7, 11) is 1.60. The van der Waals surface area contributed by atoms with Crippen LogP contribution in [0.5, 0.6) is 5.88 Å². The summed E-state index contributed by atoms with van der Waals surface area (Å²) in [6.07, 6.45) is 5.60. The van der Waals surface area contributed by atoms with Crippen molar-refractivity contribution in [2.45, 2.75) is 11.6 Å². The van der Waals surface area contributed by atoms with E-state index in [-0.39, 0.29) is 5.92 Å². The molecule has 0 N–H and O–H groups in total. The maximum Gasteiger partial charge on any atom is 0.241 e. The third kappa shape index (κ3) is 2.52. The van der Waals surface area contributed by atoms with Gasteiger partial charge in [0.05, 0.1) is 13.3 Å². The number of nitrogens with zero attached hydrogens (tertiary/aromatic N) is 3. The minimum absolute atomic E-state index is 0.111. The van der Waals surface area contributed by atoms with Gasteiger partial charge in [-0.05, 0) is 12.7 Å². The van der Waals surface area contributed by atoms with E-state index < -0.39 is 0 Å². The molecule has 0 aromatic carbocycles. The molecule has 2 rings (SSSR count). The molecule has 1 fully saturated rings. The molecule has 92 valence electrons. The second kappa shape index (κ2) is 5.35. The Bertz CT molecular complexity index is 414. The number of hydrogen-bond acceptors (Lipinski definition) is 6. The lowest BCUT2D eigenvalue weighted by molar-refractivity contribution is -0.110. The summed E-state index contributed by atoms with van der Waals surface area (Å²) in [5, 5.41) is 0.691. The number of carbonyl (C=O) groups excluding carboxylic acids is 1. The van der Waals surface area contributed by atoms with Crippen molar-refractivity contribution in [2.24, 2.45) is 5.92 Å². The maximum atomic E-state index is 10.7. The molecule has 1 aliphatic heterocycles. The summed E-state index contributed by atoms with van der Waals surface area (Å²) in [5.41, 5.74) is 0.870. The number of aromatic nitrogens is 2. The Labute approximate surface area is 105 Å². The van der Waals surface area contributed by atoms with E-state index >= 15 is 0 Å². The minimum Gasteiger partial charge on any atom is -0.479 e. The molecule has 0 saturated carbocycles. The number of rotatable bonds is 4. The highest BCUT2D eigenvalue weighted by Crippen LogP contribution is 2.30. The van der Waals surface area contributed by atoms with Crippen LogP contribution in [-0.2, 0) is 4.79 Å². The number of ether oxygens (including phenoxy) is 1. The molecule has 1 saturated heterocycles. The molecule has 1 aromatic heterocycles. The van der Waals surface area contributed by atoms with Crippen LogP contribution in [0.2, 0.25) is 0 Å².